The second-order valence-corrected chi connectivity index (χ2v) is 12.6. The van der Waals surface area contributed by atoms with Gasteiger partial charge in [0.1, 0.15) is 5.65 Å². The number of nitrogens with zero attached hydrogens (tertiary/aromatic N) is 6. The van der Waals surface area contributed by atoms with Gasteiger partial charge in [-0.05, 0) is 98.2 Å². The topological polar surface area (TPSA) is 79.2 Å². The molecule has 3 aliphatic rings. The Morgan fingerprint density at radius 1 is 0.955 bits per heavy atom. The summed E-state index contributed by atoms with van der Waals surface area (Å²) >= 11 is 0. The minimum atomic E-state index is -0.0574. The highest BCUT2D eigenvalue weighted by Gasteiger charge is 2.30. The van der Waals surface area contributed by atoms with Crippen LogP contribution in [0.1, 0.15) is 48.3 Å². The number of anilines is 3. The molecule has 0 spiro atoms. The lowest BCUT2D eigenvalue weighted by Gasteiger charge is -2.38. The molecule has 2 aliphatic heterocycles. The van der Waals surface area contributed by atoms with Crippen LogP contribution in [0, 0.1) is 6.92 Å². The Kier molecular flexibility index (Phi) is 6.86. The van der Waals surface area contributed by atoms with E-state index in [0.717, 1.165) is 47.4 Å². The van der Waals surface area contributed by atoms with Crippen molar-refractivity contribution in [2.75, 3.05) is 36.4 Å². The minimum absolute atomic E-state index is 0.0574. The van der Waals surface area contributed by atoms with E-state index >= 15 is 0 Å². The molecule has 3 aromatic heterocycles. The summed E-state index contributed by atoms with van der Waals surface area (Å²) < 4.78 is 1.81. The van der Waals surface area contributed by atoms with Crippen LogP contribution >= 0.6 is 0 Å². The molecule has 8 nitrogen and oxygen atoms in total. The SMILES string of the molecule is Cc1cccc(-c2cc3cnc(Nc4ccc(N5CCN6CCCC6C5)cc4)nc3n(Cc3ccncc3C3CC3)c2=O)c1. The van der Waals surface area contributed by atoms with Crippen molar-refractivity contribution in [1.82, 2.24) is 24.4 Å². The summed E-state index contributed by atoms with van der Waals surface area (Å²) in [5.41, 5.74) is 7.75. The largest absolute Gasteiger partial charge is 0.369 e. The molecule has 0 amide bonds. The van der Waals surface area contributed by atoms with E-state index in [0.29, 0.717) is 35.7 Å². The molecule has 222 valence electrons. The van der Waals surface area contributed by atoms with Gasteiger partial charge in [0.15, 0.2) is 0 Å². The molecule has 5 heterocycles. The fourth-order valence-corrected chi connectivity index (χ4v) is 7.01. The predicted octanol–water partition coefficient (Wildman–Crippen LogP) is 6.12. The van der Waals surface area contributed by atoms with Crippen LogP contribution in [0.2, 0.25) is 0 Å². The fourth-order valence-electron chi connectivity index (χ4n) is 7.01. The normalized spacial score (nSPS) is 18.5. The maximum atomic E-state index is 14.2. The maximum absolute atomic E-state index is 14.2. The summed E-state index contributed by atoms with van der Waals surface area (Å²) in [7, 11) is 0. The molecule has 0 radical (unpaired) electrons. The molecular formula is C36H37N7O. The van der Waals surface area contributed by atoms with E-state index in [1.54, 1.807) is 0 Å². The average Bonchev–Trinajstić information content (AvgIpc) is 3.79. The Bertz CT molecular complexity index is 1900. The highest BCUT2D eigenvalue weighted by atomic mass is 16.1. The van der Waals surface area contributed by atoms with E-state index in [9.17, 15) is 4.79 Å². The predicted molar refractivity (Wildman–Crippen MR) is 176 cm³/mol. The molecule has 0 bridgehead atoms. The molecular weight excluding hydrogens is 546 g/mol. The number of nitrogens with one attached hydrogen (secondary N) is 1. The van der Waals surface area contributed by atoms with Gasteiger partial charge in [0.25, 0.3) is 5.56 Å². The van der Waals surface area contributed by atoms with E-state index in [1.165, 1.54) is 43.5 Å². The molecule has 8 heteroatoms. The Morgan fingerprint density at radius 3 is 2.68 bits per heavy atom. The first kappa shape index (κ1) is 27.0. The van der Waals surface area contributed by atoms with Gasteiger partial charge in [-0.25, -0.2) is 4.98 Å². The molecule has 8 rings (SSSR count). The van der Waals surface area contributed by atoms with Crippen LogP contribution in [0.25, 0.3) is 22.2 Å². The molecule has 5 aromatic rings. The summed E-state index contributed by atoms with van der Waals surface area (Å²) in [4.78, 5) is 33.3. The quantitative estimate of drug-likeness (QED) is 0.247. The molecule has 1 aliphatic carbocycles. The summed E-state index contributed by atoms with van der Waals surface area (Å²) in [6.45, 7) is 7.04. The van der Waals surface area contributed by atoms with Crippen LogP contribution < -0.4 is 15.8 Å². The van der Waals surface area contributed by atoms with Gasteiger partial charge in [-0.15, -0.1) is 0 Å². The molecule has 44 heavy (non-hydrogen) atoms. The van der Waals surface area contributed by atoms with E-state index in [-0.39, 0.29) is 5.56 Å². The summed E-state index contributed by atoms with van der Waals surface area (Å²) in [5.74, 6) is 0.996. The number of hydrogen-bond donors (Lipinski definition) is 1. The number of aryl methyl sites for hydroxylation is 1. The van der Waals surface area contributed by atoms with E-state index in [1.807, 2.05) is 60.4 Å². The third-order valence-electron chi connectivity index (χ3n) is 9.52. The van der Waals surface area contributed by atoms with E-state index < -0.39 is 0 Å². The Morgan fingerprint density at radius 2 is 1.84 bits per heavy atom. The van der Waals surface area contributed by atoms with Crippen molar-refractivity contribution < 1.29 is 0 Å². The molecule has 1 N–H and O–H groups in total. The average molecular weight is 584 g/mol. The highest BCUT2D eigenvalue weighted by molar-refractivity contribution is 5.82. The standard InChI is InChI=1S/C36H37N7O/c1-24-4-2-5-26(18-24)32-19-28-20-38-36(39-29-9-11-30(12-10-29)42-17-16-41-15-3-6-31(41)23-42)40-34(28)43(35(32)44)22-27-13-14-37-21-33(27)25-7-8-25/h2,4-5,9-14,18-21,25,31H,3,6-8,15-17,22-23H2,1H3,(H,38,39,40). The zero-order chi connectivity index (χ0) is 29.6. The van der Waals surface area contributed by atoms with Crippen molar-refractivity contribution in [3.05, 3.63) is 106 Å². The van der Waals surface area contributed by atoms with Crippen molar-refractivity contribution in [3.8, 4) is 11.1 Å². The second kappa shape index (κ2) is 11.2. The first-order valence-corrected chi connectivity index (χ1v) is 15.9. The zero-order valence-corrected chi connectivity index (χ0v) is 25.1. The lowest BCUT2D eigenvalue weighted by Crippen LogP contribution is -2.50. The number of pyridine rings is 2. The van der Waals surface area contributed by atoms with Crippen molar-refractivity contribution in [3.63, 3.8) is 0 Å². The Hall–Kier alpha value is -4.56. The highest BCUT2D eigenvalue weighted by Crippen LogP contribution is 2.41. The Labute approximate surface area is 257 Å². The van der Waals surface area contributed by atoms with Gasteiger partial charge in [0.2, 0.25) is 5.95 Å². The summed E-state index contributed by atoms with van der Waals surface area (Å²) in [5, 5.41) is 4.22. The van der Waals surface area contributed by atoms with Crippen LogP contribution in [0.3, 0.4) is 0 Å². The van der Waals surface area contributed by atoms with Crippen molar-refractivity contribution in [2.45, 2.75) is 51.1 Å². The van der Waals surface area contributed by atoms with Crippen molar-refractivity contribution in [2.24, 2.45) is 0 Å². The third-order valence-corrected chi connectivity index (χ3v) is 9.52. The van der Waals surface area contributed by atoms with Crippen LogP contribution in [0.4, 0.5) is 17.3 Å². The molecule has 1 unspecified atom stereocenters. The summed E-state index contributed by atoms with van der Waals surface area (Å²) in [6, 6.07) is 21.3. The van der Waals surface area contributed by atoms with E-state index in [4.69, 9.17) is 4.98 Å². The van der Waals surface area contributed by atoms with Crippen molar-refractivity contribution >= 4 is 28.4 Å². The van der Waals surface area contributed by atoms with Crippen LogP contribution in [0.15, 0.2) is 84.0 Å². The maximum Gasteiger partial charge on any atom is 0.260 e. The van der Waals surface area contributed by atoms with E-state index in [2.05, 4.69) is 55.4 Å². The lowest BCUT2D eigenvalue weighted by molar-refractivity contribution is 0.231. The third kappa shape index (κ3) is 5.24. The van der Waals surface area contributed by atoms with Gasteiger partial charge < -0.3 is 10.2 Å². The fraction of sp³-hybridized carbons (Fsp3) is 0.333. The second-order valence-electron chi connectivity index (χ2n) is 12.6. The monoisotopic (exact) mass is 583 g/mol. The molecule has 2 saturated heterocycles. The van der Waals surface area contributed by atoms with Crippen LogP contribution in [0.5, 0.6) is 0 Å². The lowest BCUT2D eigenvalue weighted by atomic mass is 10.0. The minimum Gasteiger partial charge on any atom is -0.369 e. The van der Waals surface area contributed by atoms with Gasteiger partial charge in [-0.3, -0.25) is 19.2 Å². The first-order valence-electron chi connectivity index (χ1n) is 15.9. The number of aromatic nitrogens is 4. The molecule has 1 atom stereocenters. The van der Waals surface area contributed by atoms with Gasteiger partial charge in [0.05, 0.1) is 6.54 Å². The van der Waals surface area contributed by atoms with Gasteiger partial charge in [-0.1, -0.05) is 29.8 Å². The van der Waals surface area contributed by atoms with Crippen LogP contribution in [-0.4, -0.2) is 56.6 Å². The number of hydrogen-bond acceptors (Lipinski definition) is 7. The van der Waals surface area contributed by atoms with Gasteiger partial charge >= 0.3 is 0 Å². The van der Waals surface area contributed by atoms with Crippen molar-refractivity contribution in [1.29, 1.82) is 0 Å². The van der Waals surface area contributed by atoms with Gasteiger partial charge in [-0.2, -0.15) is 4.98 Å². The number of rotatable bonds is 7. The number of benzene rings is 2. The first-order chi connectivity index (χ1) is 21.6. The molecule has 2 aromatic carbocycles. The Balaban J connectivity index is 1.13. The number of piperazine rings is 1. The smallest absolute Gasteiger partial charge is 0.260 e. The molecule has 3 fully saturated rings. The molecule has 1 saturated carbocycles. The number of fused-ring (bicyclic) bond motifs is 2. The van der Waals surface area contributed by atoms with Gasteiger partial charge in [0, 0.05) is 66.6 Å². The zero-order valence-electron chi connectivity index (χ0n) is 25.1. The summed E-state index contributed by atoms with van der Waals surface area (Å²) in [6.07, 6.45) is 10.6. The van der Waals surface area contributed by atoms with Crippen LogP contribution in [-0.2, 0) is 6.54 Å².